The fourth-order valence-corrected chi connectivity index (χ4v) is 12.5. The van der Waals surface area contributed by atoms with Crippen molar-refractivity contribution in [3.63, 3.8) is 0 Å². The van der Waals surface area contributed by atoms with E-state index in [1.165, 1.54) is 57.8 Å². The highest BCUT2D eigenvalue weighted by Gasteiger charge is 2.61. The van der Waals surface area contributed by atoms with Gasteiger partial charge in [0.05, 0.1) is 11.0 Å². The summed E-state index contributed by atoms with van der Waals surface area (Å²) in [5, 5.41) is 0. The Hall–Kier alpha value is -0.390. The van der Waals surface area contributed by atoms with Crippen LogP contribution >= 0.6 is 15.9 Å². The van der Waals surface area contributed by atoms with Crippen molar-refractivity contribution >= 4 is 26.0 Å². The molecule has 0 heterocycles. The van der Waals surface area contributed by atoms with E-state index in [4.69, 9.17) is 4.18 Å². The Labute approximate surface area is 247 Å². The van der Waals surface area contributed by atoms with E-state index < -0.39 is 10.1 Å². The highest BCUT2D eigenvalue weighted by Crippen LogP contribution is 2.68. The number of halogens is 1. The minimum atomic E-state index is -3.77. The first kappa shape index (κ1) is 30.1. The molecule has 10 atom stereocenters. The van der Waals surface area contributed by atoms with Crippen LogP contribution in [0, 0.1) is 59.2 Å². The molecule has 5 rings (SSSR count). The topological polar surface area (TPSA) is 43.4 Å². The summed E-state index contributed by atoms with van der Waals surface area (Å²) in [5.41, 5.74) is 1.83. The van der Waals surface area contributed by atoms with E-state index in [2.05, 4.69) is 50.5 Å². The molecule has 4 aliphatic carbocycles. The quantitative estimate of drug-likeness (QED) is 0.215. The number of rotatable bonds is 8. The fraction of sp³-hybridized carbons (Fsp3) is 0.824. The first-order chi connectivity index (χ1) is 18.3. The van der Waals surface area contributed by atoms with Crippen molar-refractivity contribution in [2.24, 2.45) is 52.3 Å². The van der Waals surface area contributed by atoms with Crippen molar-refractivity contribution in [1.82, 2.24) is 0 Å². The zero-order chi connectivity index (χ0) is 28.2. The maximum Gasteiger partial charge on any atom is 0.297 e. The van der Waals surface area contributed by atoms with E-state index in [0.717, 1.165) is 53.9 Å². The maximum atomic E-state index is 13.1. The molecule has 0 N–H and O–H groups in total. The summed E-state index contributed by atoms with van der Waals surface area (Å²) in [7, 11) is -3.77. The molecule has 0 spiro atoms. The van der Waals surface area contributed by atoms with E-state index >= 15 is 0 Å². The lowest BCUT2D eigenvalue weighted by Gasteiger charge is -2.62. The molecule has 1 aromatic rings. The van der Waals surface area contributed by atoms with Gasteiger partial charge in [0.25, 0.3) is 10.1 Å². The summed E-state index contributed by atoms with van der Waals surface area (Å²) in [6.45, 7) is 14.5. The van der Waals surface area contributed by atoms with Crippen LogP contribution in [0.2, 0.25) is 0 Å². The molecule has 39 heavy (non-hydrogen) atoms. The molecular formula is C34H53BrO3S. The fourth-order valence-electron chi connectivity index (χ4n) is 10.3. The number of alkyl halides is 1. The predicted octanol–water partition coefficient (Wildman–Crippen LogP) is 9.56. The smallest absolute Gasteiger partial charge is 0.262 e. The van der Waals surface area contributed by atoms with Crippen LogP contribution in [0.1, 0.15) is 111 Å². The Morgan fingerprint density at radius 3 is 2.33 bits per heavy atom. The molecular weight excluding hydrogens is 568 g/mol. The van der Waals surface area contributed by atoms with Crippen molar-refractivity contribution in [2.75, 3.05) is 0 Å². The summed E-state index contributed by atoms with van der Waals surface area (Å²) >= 11 is 3.95. The van der Waals surface area contributed by atoms with Crippen LogP contribution < -0.4 is 0 Å². The summed E-state index contributed by atoms with van der Waals surface area (Å²) in [6, 6.07) is 7.03. The average Bonchev–Trinajstić information content (AvgIpc) is 3.22. The Bertz CT molecular complexity index is 1100. The van der Waals surface area contributed by atoms with Gasteiger partial charge in [0.15, 0.2) is 0 Å². The van der Waals surface area contributed by atoms with Crippen LogP contribution in [0.4, 0.5) is 0 Å². The molecule has 0 radical (unpaired) electrons. The molecule has 0 aliphatic heterocycles. The Kier molecular flexibility index (Phi) is 8.76. The standard InChI is InChI=1S/C34H53BrO3S/c1-22(2)8-7-9-24(4)28-16-17-29-27-15-12-25-20-32(38-39(36,37)26-13-10-23(3)11-14-26)31(35)21-34(25,6)30(27)18-19-33(28,29)5/h10-11,13-14,22,24-25,27-32H,7-9,12,15-21H2,1-6H3/t24-,25+,27+,28-,29+,30+,31+,32+,33-,34+/m1/s1. The minimum absolute atomic E-state index is 0.0725. The molecule has 4 fully saturated rings. The first-order valence-corrected chi connectivity index (χ1v) is 18.3. The summed E-state index contributed by atoms with van der Waals surface area (Å²) < 4.78 is 32.2. The number of aryl methyl sites for hydroxylation is 1. The SMILES string of the molecule is Cc1ccc(S(=O)(=O)O[C@H]2C[C@@H]3CC[C@@H]4[C@H](CC[C@]5(C)[C@@H]([C@H](C)CCCC(C)C)CC[C@@H]45)[C@@]3(C)C[C@@H]2Br)cc1. The highest BCUT2D eigenvalue weighted by molar-refractivity contribution is 9.09. The Morgan fingerprint density at radius 1 is 0.949 bits per heavy atom. The summed E-state index contributed by atoms with van der Waals surface area (Å²) in [6.07, 6.45) is 13.9. The molecule has 3 nitrogen and oxygen atoms in total. The van der Waals surface area contributed by atoms with Crippen LogP contribution in [0.3, 0.4) is 0 Å². The van der Waals surface area contributed by atoms with E-state index in [1.807, 2.05) is 19.1 Å². The molecule has 0 saturated heterocycles. The minimum Gasteiger partial charge on any atom is -0.262 e. The molecule has 4 saturated carbocycles. The van der Waals surface area contributed by atoms with Gasteiger partial charge in [-0.3, -0.25) is 4.18 Å². The van der Waals surface area contributed by atoms with Crippen LogP contribution in [0.5, 0.6) is 0 Å². The van der Waals surface area contributed by atoms with E-state index in [9.17, 15) is 8.42 Å². The van der Waals surface area contributed by atoms with Gasteiger partial charge in [-0.15, -0.1) is 0 Å². The Balaban J connectivity index is 1.27. The number of benzene rings is 1. The second-order valence-electron chi connectivity index (χ2n) is 15.0. The second-order valence-corrected chi connectivity index (χ2v) is 17.8. The van der Waals surface area contributed by atoms with Crippen molar-refractivity contribution in [3.8, 4) is 0 Å². The molecule has 0 bridgehead atoms. The van der Waals surface area contributed by atoms with Gasteiger partial charge >= 0.3 is 0 Å². The molecule has 5 heteroatoms. The first-order valence-electron chi connectivity index (χ1n) is 16.0. The highest BCUT2D eigenvalue weighted by atomic mass is 79.9. The number of hydrogen-bond donors (Lipinski definition) is 0. The second kappa shape index (κ2) is 11.4. The van der Waals surface area contributed by atoms with Gasteiger partial charge < -0.3 is 0 Å². The van der Waals surface area contributed by atoms with Gasteiger partial charge in [-0.25, -0.2) is 0 Å². The normalized spacial score (nSPS) is 41.1. The monoisotopic (exact) mass is 620 g/mol. The third kappa shape index (κ3) is 5.68. The van der Waals surface area contributed by atoms with Gasteiger partial charge in [0.2, 0.25) is 0 Å². The van der Waals surface area contributed by atoms with Crippen LogP contribution in [0.15, 0.2) is 29.2 Å². The summed E-state index contributed by atoms with van der Waals surface area (Å²) in [5.74, 6) is 5.57. The lowest BCUT2D eigenvalue weighted by Crippen LogP contribution is -2.56. The van der Waals surface area contributed by atoms with Crippen molar-refractivity contribution in [2.45, 2.75) is 128 Å². The number of hydrogen-bond acceptors (Lipinski definition) is 3. The molecule has 0 aromatic heterocycles. The van der Waals surface area contributed by atoms with Crippen molar-refractivity contribution in [3.05, 3.63) is 29.8 Å². The van der Waals surface area contributed by atoms with Gasteiger partial charge in [-0.1, -0.05) is 87.5 Å². The van der Waals surface area contributed by atoms with Crippen molar-refractivity contribution in [1.29, 1.82) is 0 Å². The van der Waals surface area contributed by atoms with Crippen LogP contribution in [0.25, 0.3) is 0 Å². The third-order valence-corrected chi connectivity index (χ3v) is 14.6. The summed E-state index contributed by atoms with van der Waals surface area (Å²) in [4.78, 5) is 0.342. The van der Waals surface area contributed by atoms with E-state index in [-0.39, 0.29) is 21.2 Å². The average molecular weight is 622 g/mol. The van der Waals surface area contributed by atoms with Crippen LogP contribution in [-0.4, -0.2) is 19.3 Å². The zero-order valence-corrected chi connectivity index (χ0v) is 27.7. The molecule has 1 aromatic carbocycles. The zero-order valence-electron chi connectivity index (χ0n) is 25.3. The predicted molar refractivity (Wildman–Crippen MR) is 164 cm³/mol. The van der Waals surface area contributed by atoms with Gasteiger partial charge in [0, 0.05) is 4.83 Å². The Morgan fingerprint density at radius 2 is 1.64 bits per heavy atom. The molecule has 220 valence electrons. The van der Waals surface area contributed by atoms with E-state index in [1.54, 1.807) is 12.1 Å². The molecule has 4 aliphatic rings. The molecule has 0 unspecified atom stereocenters. The maximum absolute atomic E-state index is 13.1. The van der Waals surface area contributed by atoms with Gasteiger partial charge in [-0.05, 0) is 123 Å². The van der Waals surface area contributed by atoms with Crippen LogP contribution in [-0.2, 0) is 14.3 Å². The lowest BCUT2D eigenvalue weighted by atomic mass is 9.44. The van der Waals surface area contributed by atoms with Crippen molar-refractivity contribution < 1.29 is 12.6 Å². The van der Waals surface area contributed by atoms with Gasteiger partial charge in [0.1, 0.15) is 0 Å². The lowest BCUT2D eigenvalue weighted by molar-refractivity contribution is -0.124. The third-order valence-electron chi connectivity index (χ3n) is 12.4. The number of fused-ring (bicyclic) bond motifs is 5. The van der Waals surface area contributed by atoms with E-state index in [0.29, 0.717) is 11.3 Å². The largest absolute Gasteiger partial charge is 0.297 e. The molecule has 0 amide bonds. The van der Waals surface area contributed by atoms with Gasteiger partial charge in [-0.2, -0.15) is 8.42 Å².